The van der Waals surface area contributed by atoms with E-state index in [1.807, 2.05) is 6.92 Å². The number of rotatable bonds is 7. The topological polar surface area (TPSA) is 113 Å². The molecule has 1 amide bonds. The van der Waals surface area contributed by atoms with Gasteiger partial charge in [0.2, 0.25) is 5.91 Å². The maximum Gasteiger partial charge on any atom is 0.353 e. The molecule has 4 aliphatic rings. The average molecular weight is 440 g/mol. The first-order valence-corrected chi connectivity index (χ1v) is 11.9. The zero-order chi connectivity index (χ0) is 21.6. The van der Waals surface area contributed by atoms with Crippen molar-refractivity contribution in [1.29, 1.82) is 0 Å². The number of aliphatic hydroxyl groups is 2. The summed E-state index contributed by atoms with van der Waals surface area (Å²) in [6, 6.07) is -0.0446. The Bertz CT molecular complexity index is 729. The average Bonchev–Trinajstić information content (AvgIpc) is 3.23. The molecule has 4 aliphatic heterocycles. The number of aliphatic carboxylic acids is 1. The number of aliphatic hydroxyl groups excluding tert-OH is 2. The van der Waals surface area contributed by atoms with Crippen molar-refractivity contribution in [2.45, 2.75) is 56.5 Å². The number of nitrogens with zero attached hydrogens (tertiary/aromatic N) is 2. The first-order valence-electron chi connectivity index (χ1n) is 11.0. The van der Waals surface area contributed by atoms with Gasteiger partial charge in [0, 0.05) is 35.2 Å². The Morgan fingerprint density at radius 1 is 1.37 bits per heavy atom. The molecule has 0 saturated carbocycles. The molecule has 4 N–H and O–H groups in total. The Morgan fingerprint density at radius 2 is 2.13 bits per heavy atom. The number of carboxylic acids is 1. The standard InChI is InChI=1S/C21H33N3O5S/c1-11-17-16(12(2)26)20(27)24(17)18(21(28)29)19(11)30-15-4-6-23(9-15)8-13-3-5-22-14(7-13)10-25/h11-17,22,25-26H,3-10H2,1-2H3,(H,28,29)/t11-,12-,13?,14?,15-,16-,17-/m1/s1. The molecule has 8 nitrogen and oxygen atoms in total. The van der Waals surface area contributed by atoms with Crippen molar-refractivity contribution in [1.82, 2.24) is 15.1 Å². The second kappa shape index (κ2) is 8.78. The molecule has 7 atom stereocenters. The van der Waals surface area contributed by atoms with Crippen molar-refractivity contribution >= 4 is 23.6 Å². The highest BCUT2D eigenvalue weighted by Crippen LogP contribution is 2.51. The predicted octanol–water partition coefficient (Wildman–Crippen LogP) is 0.308. The summed E-state index contributed by atoms with van der Waals surface area (Å²) < 4.78 is 0. The Morgan fingerprint density at radius 3 is 2.80 bits per heavy atom. The zero-order valence-corrected chi connectivity index (χ0v) is 18.5. The SMILES string of the molecule is C[C@@H](O)[C@H]1C(=O)N2C(C(=O)O)=C(S[C@@H]3CCN(CC4CCNC(CO)C4)C3)[C@H](C)[C@H]12. The van der Waals surface area contributed by atoms with E-state index in [0.717, 1.165) is 50.3 Å². The highest BCUT2D eigenvalue weighted by atomic mass is 32.2. The predicted molar refractivity (Wildman–Crippen MR) is 114 cm³/mol. The van der Waals surface area contributed by atoms with Gasteiger partial charge in [0.1, 0.15) is 5.70 Å². The first kappa shape index (κ1) is 22.1. The van der Waals surface area contributed by atoms with E-state index >= 15 is 0 Å². The quantitative estimate of drug-likeness (QED) is 0.419. The van der Waals surface area contributed by atoms with Crippen LogP contribution in [0.4, 0.5) is 0 Å². The summed E-state index contributed by atoms with van der Waals surface area (Å²) in [4.78, 5) is 29.1. The van der Waals surface area contributed by atoms with E-state index in [1.165, 1.54) is 4.90 Å². The minimum atomic E-state index is -1.05. The molecule has 0 spiro atoms. The molecule has 4 rings (SSSR count). The Hall–Kier alpha value is -1.13. The summed E-state index contributed by atoms with van der Waals surface area (Å²) in [6.45, 7) is 7.65. The molecule has 3 fully saturated rings. The van der Waals surface area contributed by atoms with E-state index in [0.29, 0.717) is 11.2 Å². The van der Waals surface area contributed by atoms with Crippen LogP contribution in [0.3, 0.4) is 0 Å². The number of fused-ring (bicyclic) bond motifs is 1. The Labute approximate surface area is 181 Å². The third-order valence-electron chi connectivity index (χ3n) is 7.17. The van der Waals surface area contributed by atoms with E-state index < -0.39 is 18.0 Å². The van der Waals surface area contributed by atoms with Gasteiger partial charge in [-0.1, -0.05) is 6.92 Å². The number of amides is 1. The third-order valence-corrected chi connectivity index (χ3v) is 8.71. The highest BCUT2D eigenvalue weighted by Gasteiger charge is 2.60. The Balaban J connectivity index is 1.39. The molecular formula is C21H33N3O5S. The van der Waals surface area contributed by atoms with Crippen LogP contribution in [0.15, 0.2) is 10.6 Å². The summed E-state index contributed by atoms with van der Waals surface area (Å²) in [5, 5.41) is 32.8. The number of nitrogens with one attached hydrogen (secondary N) is 1. The lowest BCUT2D eigenvalue weighted by atomic mass is 9.79. The van der Waals surface area contributed by atoms with Crippen LogP contribution in [0.1, 0.15) is 33.1 Å². The molecule has 0 aromatic rings. The molecule has 0 bridgehead atoms. The molecule has 0 aromatic carbocycles. The largest absolute Gasteiger partial charge is 0.477 e. The van der Waals surface area contributed by atoms with Crippen LogP contribution in [0.5, 0.6) is 0 Å². The highest BCUT2D eigenvalue weighted by molar-refractivity contribution is 8.03. The fourth-order valence-corrected chi connectivity index (χ4v) is 7.20. The van der Waals surface area contributed by atoms with Crippen molar-refractivity contribution in [3.05, 3.63) is 10.6 Å². The van der Waals surface area contributed by atoms with Gasteiger partial charge in [-0.2, -0.15) is 0 Å². The molecule has 30 heavy (non-hydrogen) atoms. The first-order chi connectivity index (χ1) is 14.3. The van der Waals surface area contributed by atoms with E-state index in [-0.39, 0.29) is 36.2 Å². The summed E-state index contributed by atoms with van der Waals surface area (Å²) in [7, 11) is 0. The number of likely N-dealkylation sites (tertiary alicyclic amines) is 1. The monoisotopic (exact) mass is 439 g/mol. The second-order valence-electron chi connectivity index (χ2n) is 9.28. The van der Waals surface area contributed by atoms with Crippen LogP contribution < -0.4 is 5.32 Å². The molecular weight excluding hydrogens is 406 g/mol. The van der Waals surface area contributed by atoms with Crippen LogP contribution in [0.25, 0.3) is 0 Å². The fraction of sp³-hybridized carbons (Fsp3) is 0.810. The van der Waals surface area contributed by atoms with Crippen molar-refractivity contribution < 1.29 is 24.9 Å². The molecule has 2 unspecified atom stereocenters. The molecule has 0 aliphatic carbocycles. The van der Waals surface area contributed by atoms with Crippen molar-refractivity contribution in [2.75, 3.05) is 32.8 Å². The van der Waals surface area contributed by atoms with E-state index in [4.69, 9.17) is 0 Å². The van der Waals surface area contributed by atoms with Crippen molar-refractivity contribution in [3.8, 4) is 0 Å². The van der Waals surface area contributed by atoms with Crippen LogP contribution in [0.2, 0.25) is 0 Å². The molecule has 3 saturated heterocycles. The van der Waals surface area contributed by atoms with Crippen LogP contribution in [-0.2, 0) is 9.59 Å². The molecule has 168 valence electrons. The van der Waals surface area contributed by atoms with Gasteiger partial charge >= 0.3 is 5.97 Å². The van der Waals surface area contributed by atoms with Crippen LogP contribution in [0, 0.1) is 17.8 Å². The molecule has 9 heteroatoms. The normalized spacial score (nSPS) is 38.0. The van der Waals surface area contributed by atoms with Gasteiger partial charge in [-0.05, 0) is 45.2 Å². The van der Waals surface area contributed by atoms with Gasteiger partial charge in [-0.3, -0.25) is 4.79 Å². The number of hydrogen-bond acceptors (Lipinski definition) is 7. The van der Waals surface area contributed by atoms with Crippen molar-refractivity contribution in [2.24, 2.45) is 17.8 Å². The number of carboxylic acid groups (broad SMARTS) is 1. The number of piperidine rings is 1. The number of carbonyl (C=O) groups is 2. The maximum atomic E-state index is 12.5. The van der Waals surface area contributed by atoms with Gasteiger partial charge < -0.3 is 30.4 Å². The van der Waals surface area contributed by atoms with E-state index in [2.05, 4.69) is 10.2 Å². The van der Waals surface area contributed by atoms with Gasteiger partial charge in [-0.15, -0.1) is 11.8 Å². The lowest BCUT2D eigenvalue weighted by molar-refractivity contribution is -0.163. The number of carbonyl (C=O) groups excluding carboxylic acids is 1. The molecule has 4 heterocycles. The number of hydrogen-bond donors (Lipinski definition) is 4. The fourth-order valence-electron chi connectivity index (χ4n) is 5.68. The van der Waals surface area contributed by atoms with Crippen LogP contribution >= 0.6 is 11.8 Å². The third kappa shape index (κ3) is 3.90. The van der Waals surface area contributed by atoms with E-state index in [9.17, 15) is 24.9 Å². The smallest absolute Gasteiger partial charge is 0.353 e. The number of thioether (sulfide) groups is 1. The lowest BCUT2D eigenvalue weighted by Crippen LogP contribution is -2.63. The summed E-state index contributed by atoms with van der Waals surface area (Å²) in [5.74, 6) is -1.32. The molecule has 0 aromatic heterocycles. The van der Waals surface area contributed by atoms with Crippen molar-refractivity contribution in [3.63, 3.8) is 0 Å². The minimum Gasteiger partial charge on any atom is -0.477 e. The van der Waals surface area contributed by atoms with Gasteiger partial charge in [-0.25, -0.2) is 4.79 Å². The van der Waals surface area contributed by atoms with Gasteiger partial charge in [0.25, 0.3) is 0 Å². The second-order valence-corrected chi connectivity index (χ2v) is 10.6. The minimum absolute atomic E-state index is 0.0674. The van der Waals surface area contributed by atoms with Gasteiger partial charge in [0.05, 0.1) is 24.7 Å². The maximum absolute atomic E-state index is 12.5. The zero-order valence-electron chi connectivity index (χ0n) is 17.7. The van der Waals surface area contributed by atoms with E-state index in [1.54, 1.807) is 18.7 Å². The van der Waals surface area contributed by atoms with Gasteiger partial charge in [0.15, 0.2) is 0 Å². The Kier molecular flexibility index (Phi) is 6.46. The number of β-lactam (4-membered cyclic amide) rings is 1. The summed E-state index contributed by atoms with van der Waals surface area (Å²) in [5.41, 5.74) is 0.127. The lowest BCUT2D eigenvalue weighted by Gasteiger charge is -2.46. The summed E-state index contributed by atoms with van der Waals surface area (Å²) >= 11 is 1.62. The molecule has 0 radical (unpaired) electrons. The van der Waals surface area contributed by atoms with Crippen LogP contribution in [-0.4, -0.2) is 93.2 Å². The summed E-state index contributed by atoms with van der Waals surface area (Å²) in [6.07, 6.45) is 2.35.